The smallest absolute Gasteiger partial charge is 0.286 e. The van der Waals surface area contributed by atoms with Gasteiger partial charge in [0.05, 0.1) is 17.6 Å². The van der Waals surface area contributed by atoms with Crippen molar-refractivity contribution in [3.63, 3.8) is 0 Å². The van der Waals surface area contributed by atoms with E-state index in [2.05, 4.69) is 26.3 Å². The van der Waals surface area contributed by atoms with Gasteiger partial charge in [0.2, 0.25) is 5.82 Å². The number of nitrogens with two attached hydrogens (primary N) is 1. The molecule has 1 radical (unpaired) electrons. The quantitative estimate of drug-likeness (QED) is 0.453. The van der Waals surface area contributed by atoms with Crippen LogP contribution >= 0.6 is 11.6 Å². The Kier molecular flexibility index (Phi) is 5.81. The Labute approximate surface area is 183 Å². The number of benzene rings is 2. The average Bonchev–Trinajstić information content (AvgIpc) is 2.78. The summed E-state index contributed by atoms with van der Waals surface area (Å²) >= 11 is 6.39. The van der Waals surface area contributed by atoms with Crippen LogP contribution in [0.3, 0.4) is 0 Å². The second kappa shape index (κ2) is 8.85. The molecule has 0 aliphatic carbocycles. The number of halogens is 1. The van der Waals surface area contributed by atoms with Gasteiger partial charge in [0, 0.05) is 41.2 Å². The van der Waals surface area contributed by atoms with E-state index in [0.29, 0.717) is 45.5 Å². The average molecular weight is 435 g/mol. The van der Waals surface area contributed by atoms with Crippen molar-refractivity contribution in [2.45, 2.75) is 6.61 Å². The van der Waals surface area contributed by atoms with Crippen LogP contribution in [0.15, 0.2) is 54.9 Å². The van der Waals surface area contributed by atoms with Crippen molar-refractivity contribution in [1.82, 2.24) is 15.0 Å². The summed E-state index contributed by atoms with van der Waals surface area (Å²) in [5, 5.41) is 4.20. The maximum absolute atomic E-state index is 11.7. The molecular weight excluding hydrogens is 418 g/mol. The number of aromatic nitrogens is 3. The first-order chi connectivity index (χ1) is 15.0. The Hall–Kier alpha value is -3.91. The standard InChI is InChI=1S/C22H17ClN5O3/c1-30-15-5-6-16-18(10-15)27-22(20(24)29)28-21(16)26-14-4-7-19(17(23)9-14)31-12-13-3-2-8-25-11-13/h2-4,6-11H,12H2,1H3,(H2,24,29)(H,26,27,28). The van der Waals surface area contributed by atoms with E-state index in [0.717, 1.165) is 5.56 Å². The predicted octanol–water partition coefficient (Wildman–Crippen LogP) is 3.91. The minimum atomic E-state index is -0.742. The van der Waals surface area contributed by atoms with Crippen LogP contribution in [0.25, 0.3) is 10.9 Å². The molecule has 1 amide bonds. The molecule has 2 aromatic heterocycles. The molecule has 0 spiro atoms. The van der Waals surface area contributed by atoms with Crippen molar-refractivity contribution in [3.05, 3.63) is 77.3 Å². The van der Waals surface area contributed by atoms with Crippen molar-refractivity contribution < 1.29 is 14.3 Å². The zero-order valence-electron chi connectivity index (χ0n) is 16.4. The van der Waals surface area contributed by atoms with Gasteiger partial charge in [-0.2, -0.15) is 0 Å². The molecule has 155 valence electrons. The Morgan fingerprint density at radius 1 is 1.26 bits per heavy atom. The third kappa shape index (κ3) is 4.65. The van der Waals surface area contributed by atoms with Gasteiger partial charge in [0.1, 0.15) is 23.9 Å². The van der Waals surface area contributed by atoms with Gasteiger partial charge in [-0.05, 0) is 30.3 Å². The highest BCUT2D eigenvalue weighted by atomic mass is 35.5. The predicted molar refractivity (Wildman–Crippen MR) is 117 cm³/mol. The number of rotatable bonds is 7. The molecule has 0 unspecified atom stereocenters. The van der Waals surface area contributed by atoms with Crippen molar-refractivity contribution in [2.75, 3.05) is 12.4 Å². The van der Waals surface area contributed by atoms with Crippen LogP contribution < -0.4 is 20.5 Å². The molecule has 2 aromatic carbocycles. The summed E-state index contributed by atoms with van der Waals surface area (Å²) < 4.78 is 10.9. The van der Waals surface area contributed by atoms with Crippen LogP contribution in [-0.2, 0) is 6.61 Å². The molecule has 31 heavy (non-hydrogen) atoms. The van der Waals surface area contributed by atoms with Gasteiger partial charge in [0.25, 0.3) is 5.91 Å². The fourth-order valence-corrected chi connectivity index (χ4v) is 3.08. The highest BCUT2D eigenvalue weighted by Crippen LogP contribution is 2.31. The molecular formula is C22H17ClN5O3. The summed E-state index contributed by atoms with van der Waals surface area (Å²) in [5.74, 6) is 0.530. The molecule has 0 saturated carbocycles. The number of hydrogen-bond donors (Lipinski definition) is 2. The molecule has 0 aliphatic heterocycles. The van der Waals surface area contributed by atoms with Gasteiger partial charge in [-0.25, -0.2) is 9.97 Å². The minimum Gasteiger partial charge on any atom is -0.496 e. The topological polar surface area (TPSA) is 112 Å². The summed E-state index contributed by atoms with van der Waals surface area (Å²) in [6.07, 6.45) is 3.43. The number of nitrogens with one attached hydrogen (secondary N) is 1. The van der Waals surface area contributed by atoms with Crippen LogP contribution in [-0.4, -0.2) is 28.0 Å². The lowest BCUT2D eigenvalue weighted by atomic mass is 10.2. The van der Waals surface area contributed by atoms with E-state index in [-0.39, 0.29) is 5.82 Å². The first-order valence-electron chi connectivity index (χ1n) is 9.19. The molecule has 0 atom stereocenters. The van der Waals surface area contributed by atoms with E-state index in [1.807, 2.05) is 12.1 Å². The SMILES string of the molecule is COc1[c]cc2c(Nc3ccc(OCc4cccnc4)c(Cl)c3)nc(C(N)=O)nc2c1. The fourth-order valence-electron chi connectivity index (χ4n) is 2.85. The van der Waals surface area contributed by atoms with Crippen LogP contribution in [0, 0.1) is 6.07 Å². The Morgan fingerprint density at radius 3 is 2.84 bits per heavy atom. The Bertz CT molecular complexity index is 1250. The summed E-state index contributed by atoms with van der Waals surface area (Å²) in [6, 6.07) is 15.3. The van der Waals surface area contributed by atoms with Gasteiger partial charge in [-0.15, -0.1) is 0 Å². The second-order valence-corrected chi connectivity index (χ2v) is 6.89. The highest BCUT2D eigenvalue weighted by molar-refractivity contribution is 6.32. The summed E-state index contributed by atoms with van der Waals surface area (Å²) in [4.78, 5) is 24.2. The van der Waals surface area contributed by atoms with E-state index in [1.54, 1.807) is 42.7 Å². The number of primary amides is 1. The van der Waals surface area contributed by atoms with Crippen molar-refractivity contribution in [3.8, 4) is 11.5 Å². The molecule has 0 saturated heterocycles. The number of pyridine rings is 1. The Morgan fingerprint density at radius 2 is 2.13 bits per heavy atom. The van der Waals surface area contributed by atoms with Crippen LogP contribution in [0.5, 0.6) is 11.5 Å². The lowest BCUT2D eigenvalue weighted by Gasteiger charge is -2.13. The number of nitrogens with zero attached hydrogens (tertiary/aromatic N) is 3. The number of fused-ring (bicyclic) bond motifs is 1. The third-order valence-electron chi connectivity index (χ3n) is 4.35. The van der Waals surface area contributed by atoms with E-state index in [4.69, 9.17) is 26.8 Å². The van der Waals surface area contributed by atoms with Crippen LogP contribution in [0.4, 0.5) is 11.5 Å². The number of carbonyl (C=O) groups excluding carboxylic acids is 1. The summed E-state index contributed by atoms with van der Waals surface area (Å²) in [7, 11) is 1.52. The van der Waals surface area contributed by atoms with Gasteiger partial charge in [0.15, 0.2) is 0 Å². The lowest BCUT2D eigenvalue weighted by molar-refractivity contribution is 0.0991. The summed E-state index contributed by atoms with van der Waals surface area (Å²) in [6.45, 7) is 0.344. The normalized spacial score (nSPS) is 10.6. The maximum Gasteiger partial charge on any atom is 0.286 e. The van der Waals surface area contributed by atoms with Gasteiger partial charge >= 0.3 is 0 Å². The monoisotopic (exact) mass is 434 g/mol. The van der Waals surface area contributed by atoms with E-state index in [9.17, 15) is 4.79 Å². The van der Waals surface area contributed by atoms with Gasteiger partial charge in [-0.3, -0.25) is 9.78 Å². The van der Waals surface area contributed by atoms with Gasteiger partial charge in [-0.1, -0.05) is 17.7 Å². The molecule has 9 heteroatoms. The van der Waals surface area contributed by atoms with Crippen molar-refractivity contribution >= 4 is 39.9 Å². The van der Waals surface area contributed by atoms with Crippen LogP contribution in [0.2, 0.25) is 5.02 Å². The number of anilines is 2. The van der Waals surface area contributed by atoms with Crippen molar-refractivity contribution in [2.24, 2.45) is 5.73 Å². The van der Waals surface area contributed by atoms with Gasteiger partial charge < -0.3 is 20.5 Å². The zero-order chi connectivity index (χ0) is 21.8. The minimum absolute atomic E-state index is 0.120. The van der Waals surface area contributed by atoms with Crippen molar-refractivity contribution in [1.29, 1.82) is 0 Å². The highest BCUT2D eigenvalue weighted by Gasteiger charge is 2.13. The molecule has 3 N–H and O–H groups in total. The lowest BCUT2D eigenvalue weighted by Crippen LogP contribution is -2.16. The zero-order valence-corrected chi connectivity index (χ0v) is 17.2. The molecule has 4 aromatic rings. The molecule has 2 heterocycles. The van der Waals surface area contributed by atoms with E-state index >= 15 is 0 Å². The molecule has 0 aliphatic rings. The molecule has 8 nitrogen and oxygen atoms in total. The first-order valence-corrected chi connectivity index (χ1v) is 9.57. The first kappa shape index (κ1) is 20.4. The van der Waals surface area contributed by atoms with E-state index < -0.39 is 5.91 Å². The number of amides is 1. The number of methoxy groups -OCH3 is 1. The molecule has 4 rings (SSSR count). The number of carbonyl (C=O) groups is 1. The summed E-state index contributed by atoms with van der Waals surface area (Å²) in [5.41, 5.74) is 7.45. The molecule has 0 bridgehead atoms. The van der Waals surface area contributed by atoms with E-state index in [1.165, 1.54) is 7.11 Å². The van der Waals surface area contributed by atoms with Crippen LogP contribution in [0.1, 0.15) is 16.2 Å². The number of ether oxygens (including phenoxy) is 2. The maximum atomic E-state index is 11.7. The fraction of sp³-hybridized carbons (Fsp3) is 0.0909. The largest absolute Gasteiger partial charge is 0.496 e. The number of hydrogen-bond acceptors (Lipinski definition) is 7. The third-order valence-corrected chi connectivity index (χ3v) is 4.65. The second-order valence-electron chi connectivity index (χ2n) is 6.48. The molecule has 0 fully saturated rings. The Balaban J connectivity index is 1.61.